The summed E-state index contributed by atoms with van der Waals surface area (Å²) in [6, 6.07) is 0. The third-order valence-electron chi connectivity index (χ3n) is 1.29. The molecule has 0 saturated carbocycles. The zero-order chi connectivity index (χ0) is 8.53. The summed E-state index contributed by atoms with van der Waals surface area (Å²) in [5, 5.41) is 10.4. The molecule has 0 amide bonds. The maximum absolute atomic E-state index is 10.4. The molecule has 0 aliphatic rings. The largest absolute Gasteiger partial charge is 0.350 e. The van der Waals surface area contributed by atoms with Crippen LogP contribution in [0.15, 0.2) is 0 Å². The van der Waals surface area contributed by atoms with Crippen molar-refractivity contribution in [3.05, 3.63) is 0 Å². The van der Waals surface area contributed by atoms with Gasteiger partial charge in [-0.15, -0.1) is 0 Å². The quantitative estimate of drug-likeness (QED) is 0.420. The third-order valence-corrected chi connectivity index (χ3v) is 1.29. The van der Waals surface area contributed by atoms with Gasteiger partial charge in [0.15, 0.2) is 6.29 Å². The van der Waals surface area contributed by atoms with Crippen LogP contribution in [-0.2, 0) is 14.6 Å². The Morgan fingerprint density at radius 2 is 2.00 bits per heavy atom. The van der Waals surface area contributed by atoms with Gasteiger partial charge in [-0.25, -0.2) is 5.11 Å². The Bertz CT molecular complexity index is 75.7. The number of hydrogen-bond acceptors (Lipinski definition) is 2. The first-order valence-corrected chi connectivity index (χ1v) is 4.16. The van der Waals surface area contributed by atoms with Gasteiger partial charge in [0.2, 0.25) is 0 Å². The second-order valence-electron chi connectivity index (χ2n) is 2.28. The monoisotopic (exact) mass is 161 g/mol. The summed E-state index contributed by atoms with van der Waals surface area (Å²) in [6.07, 6.45) is 1.54. The van der Waals surface area contributed by atoms with Crippen LogP contribution >= 0.6 is 0 Å². The van der Waals surface area contributed by atoms with Crippen LogP contribution in [0.3, 0.4) is 0 Å². The first-order valence-electron chi connectivity index (χ1n) is 4.16. The maximum Gasteiger partial charge on any atom is 0.183 e. The van der Waals surface area contributed by atoms with Crippen LogP contribution in [0.2, 0.25) is 0 Å². The summed E-state index contributed by atoms with van der Waals surface area (Å²) in [4.78, 5) is 0. The molecule has 67 valence electrons. The smallest absolute Gasteiger partial charge is 0.183 e. The Kier molecular flexibility index (Phi) is 7.89. The van der Waals surface area contributed by atoms with E-state index in [9.17, 15) is 5.11 Å². The fourth-order valence-corrected chi connectivity index (χ4v) is 0.689. The number of ether oxygens (including phenoxy) is 2. The molecule has 1 atom stereocenters. The summed E-state index contributed by atoms with van der Waals surface area (Å²) in [6.45, 7) is 4.79. The van der Waals surface area contributed by atoms with Crippen molar-refractivity contribution in [1.29, 1.82) is 0 Å². The van der Waals surface area contributed by atoms with E-state index in [1.807, 2.05) is 6.92 Å². The van der Waals surface area contributed by atoms with E-state index in [4.69, 9.17) is 9.47 Å². The first-order chi connectivity index (χ1) is 5.35. The molecule has 0 fully saturated rings. The van der Waals surface area contributed by atoms with Crippen molar-refractivity contribution in [2.24, 2.45) is 0 Å². The first kappa shape index (κ1) is 10.9. The zero-order valence-electron chi connectivity index (χ0n) is 7.34. The van der Waals surface area contributed by atoms with Crippen LogP contribution in [0.4, 0.5) is 0 Å². The molecule has 0 aromatic carbocycles. The van der Waals surface area contributed by atoms with Crippen molar-refractivity contribution in [1.82, 2.24) is 0 Å². The fourth-order valence-electron chi connectivity index (χ4n) is 0.689. The summed E-state index contributed by atoms with van der Waals surface area (Å²) < 4.78 is 10.1. The van der Waals surface area contributed by atoms with E-state index in [2.05, 4.69) is 6.92 Å². The predicted molar refractivity (Wildman–Crippen MR) is 41.8 cm³/mol. The molecule has 0 rings (SSSR count). The normalized spacial score (nSPS) is 13.4. The SMILES string of the molecule is CCCCOC(C[O])OCC. The molecular weight excluding hydrogens is 144 g/mol. The third kappa shape index (κ3) is 6.28. The average molecular weight is 161 g/mol. The highest BCUT2D eigenvalue weighted by Crippen LogP contribution is 1.96. The topological polar surface area (TPSA) is 38.4 Å². The molecule has 0 spiro atoms. The van der Waals surface area contributed by atoms with Gasteiger partial charge in [0.05, 0.1) is 0 Å². The van der Waals surface area contributed by atoms with Gasteiger partial charge in [-0.2, -0.15) is 0 Å². The Labute approximate surface area is 68.3 Å². The predicted octanol–water partition coefficient (Wildman–Crippen LogP) is 1.60. The number of unbranched alkanes of at least 4 members (excludes halogenated alkanes) is 1. The van der Waals surface area contributed by atoms with Gasteiger partial charge >= 0.3 is 0 Å². The molecule has 0 aliphatic carbocycles. The molecule has 0 saturated heterocycles. The second kappa shape index (κ2) is 7.98. The Hall–Kier alpha value is -0.120. The highest BCUT2D eigenvalue weighted by molar-refractivity contribution is 4.39. The van der Waals surface area contributed by atoms with Crippen molar-refractivity contribution in [3.63, 3.8) is 0 Å². The van der Waals surface area contributed by atoms with Gasteiger partial charge in [-0.3, -0.25) is 0 Å². The standard InChI is InChI=1S/C8H17O3/c1-3-5-6-11-8(7-9)10-4-2/h8H,3-7H2,1-2H3. The van der Waals surface area contributed by atoms with Crippen LogP contribution in [0.25, 0.3) is 0 Å². The second-order valence-corrected chi connectivity index (χ2v) is 2.28. The van der Waals surface area contributed by atoms with Gasteiger partial charge in [0, 0.05) is 13.2 Å². The van der Waals surface area contributed by atoms with Gasteiger partial charge in [-0.05, 0) is 13.3 Å². The lowest BCUT2D eigenvalue weighted by molar-refractivity contribution is -0.170. The molecule has 1 unspecified atom stereocenters. The van der Waals surface area contributed by atoms with Gasteiger partial charge in [0.25, 0.3) is 0 Å². The Morgan fingerprint density at radius 1 is 1.27 bits per heavy atom. The molecule has 0 aromatic rings. The van der Waals surface area contributed by atoms with Gasteiger partial charge in [-0.1, -0.05) is 13.3 Å². The van der Waals surface area contributed by atoms with Crippen molar-refractivity contribution in [3.8, 4) is 0 Å². The van der Waals surface area contributed by atoms with Crippen molar-refractivity contribution in [2.75, 3.05) is 19.8 Å². The van der Waals surface area contributed by atoms with Crippen molar-refractivity contribution < 1.29 is 14.6 Å². The summed E-state index contributed by atoms with van der Waals surface area (Å²) >= 11 is 0. The van der Waals surface area contributed by atoms with Crippen LogP contribution in [-0.4, -0.2) is 26.1 Å². The highest BCUT2D eigenvalue weighted by atomic mass is 16.7. The van der Waals surface area contributed by atoms with Crippen LogP contribution < -0.4 is 0 Å². The average Bonchev–Trinajstić information content (AvgIpc) is 2.03. The Morgan fingerprint density at radius 3 is 2.45 bits per heavy atom. The molecule has 0 bridgehead atoms. The zero-order valence-corrected chi connectivity index (χ0v) is 7.34. The molecule has 0 heterocycles. The van der Waals surface area contributed by atoms with E-state index < -0.39 is 6.29 Å². The van der Waals surface area contributed by atoms with Crippen molar-refractivity contribution >= 4 is 0 Å². The molecule has 0 N–H and O–H groups in total. The van der Waals surface area contributed by atoms with E-state index in [0.29, 0.717) is 13.2 Å². The maximum atomic E-state index is 10.4. The minimum absolute atomic E-state index is 0.308. The minimum Gasteiger partial charge on any atom is -0.350 e. The van der Waals surface area contributed by atoms with E-state index in [1.165, 1.54) is 0 Å². The lowest BCUT2D eigenvalue weighted by Crippen LogP contribution is -2.21. The van der Waals surface area contributed by atoms with Gasteiger partial charge in [0.1, 0.15) is 6.61 Å². The summed E-state index contributed by atoms with van der Waals surface area (Å²) in [7, 11) is 0. The molecule has 0 aromatic heterocycles. The summed E-state index contributed by atoms with van der Waals surface area (Å²) in [5.74, 6) is 0. The fraction of sp³-hybridized carbons (Fsp3) is 1.00. The lowest BCUT2D eigenvalue weighted by Gasteiger charge is -2.13. The van der Waals surface area contributed by atoms with Crippen LogP contribution in [0.5, 0.6) is 0 Å². The summed E-state index contributed by atoms with van der Waals surface area (Å²) in [5.41, 5.74) is 0. The molecular formula is C8H17O3. The molecule has 0 aliphatic heterocycles. The van der Waals surface area contributed by atoms with E-state index in [1.54, 1.807) is 0 Å². The number of rotatable bonds is 7. The minimum atomic E-state index is -0.536. The molecule has 1 radical (unpaired) electrons. The molecule has 11 heavy (non-hydrogen) atoms. The molecule has 3 nitrogen and oxygen atoms in total. The van der Waals surface area contributed by atoms with Gasteiger partial charge < -0.3 is 9.47 Å². The number of hydrogen-bond donors (Lipinski definition) is 0. The highest BCUT2D eigenvalue weighted by Gasteiger charge is 2.05. The van der Waals surface area contributed by atoms with Crippen molar-refractivity contribution in [2.45, 2.75) is 33.0 Å². The lowest BCUT2D eigenvalue weighted by atomic mass is 10.4. The van der Waals surface area contributed by atoms with Crippen LogP contribution in [0, 0.1) is 0 Å². The van der Waals surface area contributed by atoms with Crippen LogP contribution in [0.1, 0.15) is 26.7 Å². The molecule has 3 heteroatoms. The van der Waals surface area contributed by atoms with E-state index >= 15 is 0 Å². The Balaban J connectivity index is 3.20. The van der Waals surface area contributed by atoms with E-state index in [0.717, 1.165) is 12.8 Å². The van der Waals surface area contributed by atoms with E-state index in [-0.39, 0.29) is 6.61 Å².